The van der Waals surface area contributed by atoms with Crippen LogP contribution in [0.25, 0.3) is 0 Å². The topological polar surface area (TPSA) is 64.9 Å². The van der Waals surface area contributed by atoms with E-state index in [1.807, 2.05) is 19.1 Å². The zero-order valence-electron chi connectivity index (χ0n) is 11.6. The third kappa shape index (κ3) is 2.19. The number of nitriles is 1. The van der Waals surface area contributed by atoms with Gasteiger partial charge in [-0.05, 0) is 49.8 Å². The number of amides is 1. The first-order valence-corrected chi connectivity index (χ1v) is 7.24. The number of rotatable bonds is 2. The zero-order chi connectivity index (χ0) is 14.1. The van der Waals surface area contributed by atoms with E-state index in [1.165, 1.54) is 12.8 Å². The number of carbonyl (C=O) groups excluding carboxylic acids is 1. The number of fused-ring (bicyclic) bond motifs is 1. The lowest BCUT2D eigenvalue weighted by Gasteiger charge is -2.18. The molecule has 3 unspecified atom stereocenters. The smallest absolute Gasteiger partial charge is 0.241 e. The molecule has 2 N–H and O–H groups in total. The van der Waals surface area contributed by atoms with Gasteiger partial charge in [0.15, 0.2) is 0 Å². The average Bonchev–Trinajstić information content (AvgIpc) is 3.01. The van der Waals surface area contributed by atoms with E-state index in [0.29, 0.717) is 23.1 Å². The molecule has 0 bridgehead atoms. The fourth-order valence-electron chi connectivity index (χ4n) is 3.61. The predicted molar refractivity (Wildman–Crippen MR) is 77.1 cm³/mol. The third-order valence-corrected chi connectivity index (χ3v) is 4.67. The molecule has 4 nitrogen and oxygen atoms in total. The van der Waals surface area contributed by atoms with Crippen LogP contribution in [0, 0.1) is 30.1 Å². The van der Waals surface area contributed by atoms with Crippen molar-refractivity contribution in [3.05, 3.63) is 29.3 Å². The molecule has 1 aromatic rings. The Hall–Kier alpha value is -1.86. The minimum atomic E-state index is -0.102. The second-order valence-corrected chi connectivity index (χ2v) is 5.84. The molecule has 1 aliphatic heterocycles. The second kappa shape index (κ2) is 5.26. The lowest BCUT2D eigenvalue weighted by Crippen LogP contribution is -2.39. The van der Waals surface area contributed by atoms with Gasteiger partial charge in [0.1, 0.15) is 6.07 Å². The van der Waals surface area contributed by atoms with E-state index in [0.717, 1.165) is 18.5 Å². The Morgan fingerprint density at radius 2 is 2.30 bits per heavy atom. The van der Waals surface area contributed by atoms with Crippen LogP contribution >= 0.6 is 0 Å². The zero-order valence-corrected chi connectivity index (χ0v) is 11.6. The van der Waals surface area contributed by atoms with E-state index in [9.17, 15) is 10.1 Å². The van der Waals surface area contributed by atoms with Crippen molar-refractivity contribution in [1.82, 2.24) is 5.32 Å². The largest absolute Gasteiger partial charge is 0.324 e. The highest BCUT2D eigenvalue weighted by atomic mass is 16.2. The van der Waals surface area contributed by atoms with Crippen molar-refractivity contribution in [2.24, 2.45) is 11.8 Å². The second-order valence-electron chi connectivity index (χ2n) is 5.84. The molecule has 1 aliphatic carbocycles. The summed E-state index contributed by atoms with van der Waals surface area (Å²) in [6, 6.07) is 7.62. The van der Waals surface area contributed by atoms with Crippen molar-refractivity contribution in [3.63, 3.8) is 0 Å². The van der Waals surface area contributed by atoms with Gasteiger partial charge in [-0.15, -0.1) is 0 Å². The number of benzene rings is 1. The van der Waals surface area contributed by atoms with Crippen LogP contribution in [0.3, 0.4) is 0 Å². The standard InChI is InChI=1S/C16H19N3O/c1-10-4-2-7-14(13(10)8-17)19-16(20)15-12-6-3-5-11(12)9-18-15/h2,4,7,11-12,15,18H,3,5-6,9H2,1H3,(H,19,20). The Labute approximate surface area is 119 Å². The van der Waals surface area contributed by atoms with Gasteiger partial charge in [-0.3, -0.25) is 4.79 Å². The molecule has 1 saturated carbocycles. The lowest BCUT2D eigenvalue weighted by atomic mass is 9.93. The van der Waals surface area contributed by atoms with E-state index >= 15 is 0 Å². The summed E-state index contributed by atoms with van der Waals surface area (Å²) in [5.41, 5.74) is 2.07. The van der Waals surface area contributed by atoms with E-state index in [-0.39, 0.29) is 11.9 Å². The highest BCUT2D eigenvalue weighted by Gasteiger charge is 2.42. The normalized spacial score (nSPS) is 27.9. The van der Waals surface area contributed by atoms with Crippen molar-refractivity contribution in [3.8, 4) is 6.07 Å². The van der Waals surface area contributed by atoms with E-state index in [2.05, 4.69) is 16.7 Å². The third-order valence-electron chi connectivity index (χ3n) is 4.67. The first-order valence-electron chi connectivity index (χ1n) is 7.24. The van der Waals surface area contributed by atoms with Crippen molar-refractivity contribution < 1.29 is 4.79 Å². The van der Waals surface area contributed by atoms with Crippen molar-refractivity contribution in [2.75, 3.05) is 11.9 Å². The molecule has 2 aliphatic rings. The first kappa shape index (κ1) is 13.1. The maximum atomic E-state index is 12.5. The van der Waals surface area contributed by atoms with Crippen LogP contribution in [-0.4, -0.2) is 18.5 Å². The molecule has 0 aromatic heterocycles. The monoisotopic (exact) mass is 269 g/mol. The molecular weight excluding hydrogens is 250 g/mol. The molecule has 0 spiro atoms. The van der Waals surface area contributed by atoms with Crippen molar-refractivity contribution in [1.29, 1.82) is 5.26 Å². The number of hydrogen-bond donors (Lipinski definition) is 2. The quantitative estimate of drug-likeness (QED) is 0.865. The molecular formula is C16H19N3O. The minimum absolute atomic E-state index is 0.00139. The van der Waals surface area contributed by atoms with Gasteiger partial charge in [-0.1, -0.05) is 18.6 Å². The van der Waals surface area contributed by atoms with Gasteiger partial charge < -0.3 is 10.6 Å². The van der Waals surface area contributed by atoms with Gasteiger partial charge in [0, 0.05) is 0 Å². The molecule has 1 amide bonds. The number of nitrogens with one attached hydrogen (secondary N) is 2. The first-order chi connectivity index (χ1) is 9.70. The molecule has 4 heteroatoms. The van der Waals surface area contributed by atoms with Crippen LogP contribution in [0.5, 0.6) is 0 Å². The van der Waals surface area contributed by atoms with Gasteiger partial charge in [0.05, 0.1) is 17.3 Å². The van der Waals surface area contributed by atoms with Gasteiger partial charge in [-0.2, -0.15) is 5.26 Å². The number of carbonyl (C=O) groups is 1. The SMILES string of the molecule is Cc1cccc(NC(=O)C2NCC3CCCC32)c1C#N. The Balaban J connectivity index is 1.77. The highest BCUT2D eigenvalue weighted by Crippen LogP contribution is 2.38. The number of hydrogen-bond acceptors (Lipinski definition) is 3. The predicted octanol–water partition coefficient (Wildman–Crippen LogP) is 2.19. The van der Waals surface area contributed by atoms with Gasteiger partial charge in [0.2, 0.25) is 5.91 Å². The summed E-state index contributed by atoms with van der Waals surface area (Å²) < 4.78 is 0. The number of nitrogens with zero attached hydrogens (tertiary/aromatic N) is 1. The van der Waals surface area contributed by atoms with Gasteiger partial charge in [0.25, 0.3) is 0 Å². The lowest BCUT2D eigenvalue weighted by molar-refractivity contribution is -0.118. The number of aryl methyl sites for hydroxylation is 1. The molecule has 1 saturated heterocycles. The van der Waals surface area contributed by atoms with E-state index in [1.54, 1.807) is 6.07 Å². The maximum Gasteiger partial charge on any atom is 0.241 e. The van der Waals surface area contributed by atoms with Crippen LogP contribution in [0.15, 0.2) is 18.2 Å². The molecule has 1 heterocycles. The van der Waals surface area contributed by atoms with Crippen molar-refractivity contribution >= 4 is 11.6 Å². The molecule has 20 heavy (non-hydrogen) atoms. The van der Waals surface area contributed by atoms with Crippen molar-refractivity contribution in [2.45, 2.75) is 32.2 Å². The summed E-state index contributed by atoms with van der Waals surface area (Å²) in [4.78, 5) is 12.5. The summed E-state index contributed by atoms with van der Waals surface area (Å²) in [6.07, 6.45) is 3.60. The van der Waals surface area contributed by atoms with E-state index in [4.69, 9.17) is 0 Å². The van der Waals surface area contributed by atoms with Crippen LogP contribution in [0.1, 0.15) is 30.4 Å². The minimum Gasteiger partial charge on any atom is -0.324 e. The van der Waals surface area contributed by atoms with Gasteiger partial charge >= 0.3 is 0 Å². The molecule has 104 valence electrons. The Bertz CT molecular complexity index is 576. The van der Waals surface area contributed by atoms with Crippen LogP contribution in [-0.2, 0) is 4.79 Å². The molecule has 1 aromatic carbocycles. The van der Waals surface area contributed by atoms with Crippen LogP contribution in [0.4, 0.5) is 5.69 Å². The highest BCUT2D eigenvalue weighted by molar-refractivity contribution is 5.96. The summed E-state index contributed by atoms with van der Waals surface area (Å²) in [7, 11) is 0. The molecule has 0 radical (unpaired) electrons. The van der Waals surface area contributed by atoms with E-state index < -0.39 is 0 Å². The van der Waals surface area contributed by atoms with Crippen LogP contribution < -0.4 is 10.6 Å². The summed E-state index contributed by atoms with van der Waals surface area (Å²) >= 11 is 0. The Morgan fingerprint density at radius 3 is 3.10 bits per heavy atom. The number of anilines is 1. The Morgan fingerprint density at radius 1 is 1.45 bits per heavy atom. The Kier molecular flexibility index (Phi) is 3.45. The van der Waals surface area contributed by atoms with Crippen LogP contribution in [0.2, 0.25) is 0 Å². The fraction of sp³-hybridized carbons (Fsp3) is 0.500. The summed E-state index contributed by atoms with van der Waals surface area (Å²) in [5, 5.41) is 15.5. The average molecular weight is 269 g/mol. The molecule has 3 rings (SSSR count). The summed E-state index contributed by atoms with van der Waals surface area (Å²) in [6.45, 7) is 2.83. The fourth-order valence-corrected chi connectivity index (χ4v) is 3.61. The maximum absolute atomic E-state index is 12.5. The summed E-state index contributed by atoms with van der Waals surface area (Å²) in [5.74, 6) is 1.12. The molecule has 3 atom stereocenters. The molecule has 2 fully saturated rings. The van der Waals surface area contributed by atoms with Gasteiger partial charge in [-0.25, -0.2) is 0 Å².